The first kappa shape index (κ1) is 11.6. The summed E-state index contributed by atoms with van der Waals surface area (Å²) in [5, 5.41) is 3.85. The van der Waals surface area contributed by atoms with Gasteiger partial charge in [-0.25, -0.2) is 0 Å². The highest BCUT2D eigenvalue weighted by Crippen LogP contribution is 2.14. The van der Waals surface area contributed by atoms with Crippen molar-refractivity contribution in [3.8, 4) is 5.75 Å². The van der Waals surface area contributed by atoms with E-state index >= 15 is 0 Å². The molecule has 2 N–H and O–H groups in total. The fourth-order valence-electron chi connectivity index (χ4n) is 1.56. The van der Waals surface area contributed by atoms with Gasteiger partial charge in [0.1, 0.15) is 5.75 Å². The van der Waals surface area contributed by atoms with Crippen molar-refractivity contribution in [3.05, 3.63) is 41.5 Å². The highest BCUT2D eigenvalue weighted by Gasteiger charge is 2.05. The maximum absolute atomic E-state index is 5.40. The smallest absolute Gasteiger partial charge is 0.240 e. The van der Waals surface area contributed by atoms with Gasteiger partial charge in [-0.15, -0.1) is 0 Å². The number of nitrogens with two attached hydrogens (primary N) is 1. The molecule has 0 saturated carbocycles. The first-order valence-electron chi connectivity index (χ1n) is 5.46. The molecule has 0 aliphatic rings. The van der Waals surface area contributed by atoms with Crippen molar-refractivity contribution in [2.24, 2.45) is 5.73 Å². The minimum atomic E-state index is 0.284. The van der Waals surface area contributed by atoms with Crippen LogP contribution in [0.3, 0.4) is 0 Å². The van der Waals surface area contributed by atoms with E-state index in [0.29, 0.717) is 11.7 Å². The summed E-state index contributed by atoms with van der Waals surface area (Å²) in [5.41, 5.74) is 6.58. The Morgan fingerprint density at radius 1 is 1.35 bits per heavy atom. The number of hydrogen-bond acceptors (Lipinski definition) is 5. The molecule has 5 heteroatoms. The number of nitrogens with zero attached hydrogens (tertiary/aromatic N) is 2. The normalized spacial score (nSPS) is 10.5. The van der Waals surface area contributed by atoms with Gasteiger partial charge in [-0.05, 0) is 24.1 Å². The highest BCUT2D eigenvalue weighted by atomic mass is 16.5. The lowest BCUT2D eigenvalue weighted by atomic mass is 10.1. The lowest BCUT2D eigenvalue weighted by Crippen LogP contribution is -1.98. The Balaban J connectivity index is 1.96. The van der Waals surface area contributed by atoms with Gasteiger partial charge in [0.2, 0.25) is 5.89 Å². The van der Waals surface area contributed by atoms with Crippen molar-refractivity contribution in [1.29, 1.82) is 0 Å². The van der Waals surface area contributed by atoms with Gasteiger partial charge in [0, 0.05) is 6.42 Å². The van der Waals surface area contributed by atoms with E-state index in [1.165, 1.54) is 5.56 Å². The molecule has 0 aliphatic heterocycles. The summed E-state index contributed by atoms with van der Waals surface area (Å²) in [6.45, 7) is 0.284. The van der Waals surface area contributed by atoms with Crippen molar-refractivity contribution in [2.75, 3.05) is 7.11 Å². The molecular weight excluding hydrogens is 218 g/mol. The molecule has 5 nitrogen and oxygen atoms in total. The van der Waals surface area contributed by atoms with E-state index in [9.17, 15) is 0 Å². The Morgan fingerprint density at radius 2 is 2.24 bits per heavy atom. The van der Waals surface area contributed by atoms with Crippen molar-refractivity contribution in [3.63, 3.8) is 0 Å². The fraction of sp³-hybridized carbons (Fsp3) is 0.333. The Bertz CT molecular complexity index is 482. The van der Waals surface area contributed by atoms with Crippen LogP contribution in [0.25, 0.3) is 0 Å². The fourth-order valence-corrected chi connectivity index (χ4v) is 1.56. The van der Waals surface area contributed by atoms with Crippen molar-refractivity contribution >= 4 is 0 Å². The van der Waals surface area contributed by atoms with E-state index in [1.807, 2.05) is 24.3 Å². The van der Waals surface area contributed by atoms with Gasteiger partial charge in [-0.1, -0.05) is 17.3 Å². The predicted octanol–water partition coefficient (Wildman–Crippen LogP) is 1.32. The van der Waals surface area contributed by atoms with Gasteiger partial charge in [0.05, 0.1) is 13.7 Å². The quantitative estimate of drug-likeness (QED) is 0.843. The molecule has 0 bridgehead atoms. The zero-order valence-corrected chi connectivity index (χ0v) is 9.72. The SMILES string of the molecule is COc1cccc(CCc2noc(CN)n2)c1. The van der Waals surface area contributed by atoms with Crippen LogP contribution in [0.2, 0.25) is 0 Å². The first-order chi connectivity index (χ1) is 8.31. The van der Waals surface area contributed by atoms with Crippen LogP contribution in [0.15, 0.2) is 28.8 Å². The standard InChI is InChI=1S/C12H15N3O2/c1-16-10-4-2-3-9(7-10)5-6-11-14-12(8-13)17-15-11/h2-4,7H,5-6,8,13H2,1H3. The summed E-state index contributed by atoms with van der Waals surface area (Å²) >= 11 is 0. The number of hydrogen-bond donors (Lipinski definition) is 1. The summed E-state index contributed by atoms with van der Waals surface area (Å²) in [7, 11) is 1.66. The van der Waals surface area contributed by atoms with Gasteiger partial charge in [-0.2, -0.15) is 4.98 Å². The predicted molar refractivity (Wildman–Crippen MR) is 62.6 cm³/mol. The minimum Gasteiger partial charge on any atom is -0.497 e. The first-order valence-corrected chi connectivity index (χ1v) is 5.46. The molecule has 0 unspecified atom stereocenters. The molecule has 0 fully saturated rings. The number of methoxy groups -OCH3 is 1. The maximum atomic E-state index is 5.40. The molecule has 1 aromatic heterocycles. The number of ether oxygens (including phenoxy) is 1. The average Bonchev–Trinajstić information content (AvgIpc) is 2.84. The zero-order valence-electron chi connectivity index (χ0n) is 9.72. The number of benzene rings is 1. The third kappa shape index (κ3) is 3.04. The molecule has 2 rings (SSSR count). The second-order valence-corrected chi connectivity index (χ2v) is 3.66. The Morgan fingerprint density at radius 3 is 2.94 bits per heavy atom. The van der Waals surface area contributed by atoms with Gasteiger partial charge < -0.3 is 15.0 Å². The van der Waals surface area contributed by atoms with E-state index in [4.69, 9.17) is 15.0 Å². The van der Waals surface area contributed by atoms with Crippen molar-refractivity contribution < 1.29 is 9.26 Å². The molecule has 0 atom stereocenters. The minimum absolute atomic E-state index is 0.284. The monoisotopic (exact) mass is 233 g/mol. The van der Waals surface area contributed by atoms with Gasteiger partial charge in [-0.3, -0.25) is 0 Å². The summed E-state index contributed by atoms with van der Waals surface area (Å²) in [4.78, 5) is 4.15. The van der Waals surface area contributed by atoms with Crippen LogP contribution in [-0.2, 0) is 19.4 Å². The van der Waals surface area contributed by atoms with E-state index in [0.717, 1.165) is 18.6 Å². The largest absolute Gasteiger partial charge is 0.497 e. The summed E-state index contributed by atoms with van der Waals surface area (Å²) < 4.78 is 10.1. The summed E-state index contributed by atoms with van der Waals surface area (Å²) in [6, 6.07) is 7.94. The molecule has 0 spiro atoms. The molecule has 0 saturated heterocycles. The summed E-state index contributed by atoms with van der Waals surface area (Å²) in [6.07, 6.45) is 1.58. The third-order valence-corrected chi connectivity index (χ3v) is 2.46. The number of aromatic nitrogens is 2. The Kier molecular flexibility index (Phi) is 3.72. The zero-order chi connectivity index (χ0) is 12.1. The van der Waals surface area contributed by atoms with E-state index in [1.54, 1.807) is 7.11 Å². The number of rotatable bonds is 5. The van der Waals surface area contributed by atoms with Crippen molar-refractivity contribution in [1.82, 2.24) is 10.1 Å². The van der Waals surface area contributed by atoms with Crippen LogP contribution in [-0.4, -0.2) is 17.3 Å². The molecule has 0 aliphatic carbocycles. The third-order valence-electron chi connectivity index (χ3n) is 2.46. The van der Waals surface area contributed by atoms with Crippen LogP contribution < -0.4 is 10.5 Å². The lowest BCUT2D eigenvalue weighted by Gasteiger charge is -2.02. The second kappa shape index (κ2) is 5.45. The van der Waals surface area contributed by atoms with Crippen LogP contribution in [0.5, 0.6) is 5.75 Å². The Hall–Kier alpha value is -1.88. The molecule has 0 amide bonds. The highest BCUT2D eigenvalue weighted by molar-refractivity contribution is 5.28. The van der Waals surface area contributed by atoms with Gasteiger partial charge in [0.15, 0.2) is 5.82 Å². The van der Waals surface area contributed by atoms with Crippen LogP contribution >= 0.6 is 0 Å². The van der Waals surface area contributed by atoms with E-state index < -0.39 is 0 Å². The average molecular weight is 233 g/mol. The van der Waals surface area contributed by atoms with Gasteiger partial charge >= 0.3 is 0 Å². The van der Waals surface area contributed by atoms with Crippen LogP contribution in [0.4, 0.5) is 0 Å². The van der Waals surface area contributed by atoms with E-state index in [-0.39, 0.29) is 6.54 Å². The van der Waals surface area contributed by atoms with Crippen LogP contribution in [0.1, 0.15) is 17.3 Å². The molecule has 1 heterocycles. The molecular formula is C12H15N3O2. The van der Waals surface area contributed by atoms with Crippen LogP contribution in [0, 0.1) is 0 Å². The van der Waals surface area contributed by atoms with E-state index in [2.05, 4.69) is 10.1 Å². The Labute approximate surface area is 99.6 Å². The molecule has 0 radical (unpaired) electrons. The molecule has 2 aromatic rings. The maximum Gasteiger partial charge on any atom is 0.240 e. The number of aryl methyl sites for hydroxylation is 2. The second-order valence-electron chi connectivity index (χ2n) is 3.66. The lowest BCUT2D eigenvalue weighted by molar-refractivity contribution is 0.374. The molecule has 90 valence electrons. The topological polar surface area (TPSA) is 74.2 Å². The molecule has 1 aromatic carbocycles. The molecule has 17 heavy (non-hydrogen) atoms. The van der Waals surface area contributed by atoms with Crippen molar-refractivity contribution in [2.45, 2.75) is 19.4 Å². The summed E-state index contributed by atoms with van der Waals surface area (Å²) in [5.74, 6) is 2.03. The van der Waals surface area contributed by atoms with Gasteiger partial charge in [0.25, 0.3) is 0 Å².